The first-order valence-electron chi connectivity index (χ1n) is 34.2. The summed E-state index contributed by atoms with van der Waals surface area (Å²) in [6, 6.07) is 15.5. The molecule has 1 aliphatic heterocycles. The highest BCUT2D eigenvalue weighted by molar-refractivity contribution is 5.95. The van der Waals surface area contributed by atoms with Crippen molar-refractivity contribution in [2.75, 3.05) is 329 Å². The third-order valence-electron chi connectivity index (χ3n) is 13.2. The number of rotatable bonds is 76. The molecule has 1 heterocycles. The van der Waals surface area contributed by atoms with Gasteiger partial charge in [0, 0.05) is 37.6 Å². The predicted octanol–water partition coefficient (Wildman–Crippen LogP) is 3.25. The summed E-state index contributed by atoms with van der Waals surface area (Å²) in [5, 5.41) is 2.85. The van der Waals surface area contributed by atoms with Gasteiger partial charge >= 0.3 is 0 Å². The molecule has 3 rings (SSSR count). The number of para-hydroxylation sites is 1. The summed E-state index contributed by atoms with van der Waals surface area (Å²) in [6.07, 6.45) is 0.946. The maximum atomic E-state index is 13.4. The molecule has 0 atom stereocenters. The van der Waals surface area contributed by atoms with Gasteiger partial charge in [-0.2, -0.15) is 0 Å². The van der Waals surface area contributed by atoms with Gasteiger partial charge in [-0.15, -0.1) is 0 Å². The van der Waals surface area contributed by atoms with Crippen LogP contribution in [0.15, 0.2) is 48.5 Å². The van der Waals surface area contributed by atoms with Crippen LogP contribution in [0.4, 0.5) is 5.69 Å². The van der Waals surface area contributed by atoms with Crippen molar-refractivity contribution in [2.45, 2.75) is 25.8 Å². The monoisotopic (exact) mass is 1390 g/mol. The number of ether oxygens (including phenoxy) is 24. The van der Waals surface area contributed by atoms with Crippen molar-refractivity contribution in [1.29, 1.82) is 0 Å². The third kappa shape index (κ3) is 56.3. The molecular formula is C69H116N2O26. The Labute approximate surface area is 576 Å². The largest absolute Gasteiger partial charge is 0.382 e. The molecule has 2 aromatic carbocycles. The maximum absolute atomic E-state index is 13.4. The number of methoxy groups -OCH3 is 1. The van der Waals surface area contributed by atoms with E-state index in [-0.39, 0.29) is 24.7 Å². The van der Waals surface area contributed by atoms with E-state index in [1.165, 1.54) is 0 Å². The zero-order chi connectivity index (χ0) is 68.6. The van der Waals surface area contributed by atoms with Crippen LogP contribution in [0, 0.1) is 11.8 Å². The van der Waals surface area contributed by atoms with Crippen molar-refractivity contribution >= 4 is 17.5 Å². The molecule has 97 heavy (non-hydrogen) atoms. The molecule has 0 fully saturated rings. The van der Waals surface area contributed by atoms with Gasteiger partial charge in [0.2, 0.25) is 11.8 Å². The molecule has 2 amide bonds. The van der Waals surface area contributed by atoms with E-state index in [0.29, 0.717) is 330 Å². The van der Waals surface area contributed by atoms with Gasteiger partial charge in [0.15, 0.2) is 0 Å². The number of nitrogens with zero attached hydrogens (tertiary/aromatic N) is 1. The number of hydrogen-bond donors (Lipinski definition) is 1. The molecule has 0 aromatic heterocycles. The normalized spacial score (nSPS) is 12.0. The smallest absolute Gasteiger partial charge is 0.227 e. The molecule has 0 saturated heterocycles. The van der Waals surface area contributed by atoms with E-state index in [0.717, 1.165) is 22.4 Å². The number of fused-ring (bicyclic) bond motifs is 2. The van der Waals surface area contributed by atoms with Gasteiger partial charge in [0.25, 0.3) is 0 Å². The minimum Gasteiger partial charge on any atom is -0.382 e. The Bertz CT molecular complexity index is 2110. The molecule has 0 unspecified atom stereocenters. The molecule has 1 N–H and O–H groups in total. The van der Waals surface area contributed by atoms with E-state index in [4.69, 9.17) is 114 Å². The second-order valence-corrected chi connectivity index (χ2v) is 20.7. The van der Waals surface area contributed by atoms with Gasteiger partial charge in [0.1, 0.15) is 0 Å². The van der Waals surface area contributed by atoms with E-state index < -0.39 is 0 Å². The molecular weight excluding hydrogens is 1270 g/mol. The van der Waals surface area contributed by atoms with Crippen molar-refractivity contribution in [2.24, 2.45) is 0 Å². The molecule has 1 aliphatic rings. The van der Waals surface area contributed by atoms with Gasteiger partial charge in [0.05, 0.1) is 323 Å². The van der Waals surface area contributed by atoms with Crippen molar-refractivity contribution in [1.82, 2.24) is 5.32 Å². The Hall–Kier alpha value is -4.02. The molecule has 28 nitrogen and oxygen atoms in total. The van der Waals surface area contributed by atoms with E-state index in [1.807, 2.05) is 48.5 Å². The van der Waals surface area contributed by atoms with Gasteiger partial charge in [-0.3, -0.25) is 9.59 Å². The first-order chi connectivity index (χ1) is 48.2. The predicted molar refractivity (Wildman–Crippen MR) is 358 cm³/mol. The second-order valence-electron chi connectivity index (χ2n) is 20.7. The van der Waals surface area contributed by atoms with Crippen LogP contribution in [0.25, 0.3) is 0 Å². The summed E-state index contributed by atoms with van der Waals surface area (Å²) in [4.78, 5) is 27.6. The Kier molecular flexibility index (Phi) is 63.3. The van der Waals surface area contributed by atoms with Crippen LogP contribution in [-0.4, -0.2) is 336 Å². The van der Waals surface area contributed by atoms with Crippen LogP contribution in [0.1, 0.15) is 36.0 Å². The first kappa shape index (κ1) is 87.2. The highest BCUT2D eigenvalue weighted by Crippen LogP contribution is 2.26. The SMILES string of the molecule is COCCOCCOCCOCCOCCOCCOCCOCCOCCOCCOCCOCCOCCOCCOCCOCCOCCOCCOCCOCCOCCOCCOCCOCCNC(=O)CCCC(=O)N1Cc2ccccc2C#Cc2ccccc21. The van der Waals surface area contributed by atoms with Crippen LogP contribution in [-0.2, 0) is 130 Å². The summed E-state index contributed by atoms with van der Waals surface area (Å²) >= 11 is 0. The Balaban J connectivity index is 0.868. The van der Waals surface area contributed by atoms with Gasteiger partial charge < -0.3 is 124 Å². The standard InChI is InChI=1S/C69H116N2O26/c1-74-17-18-76-21-22-78-25-26-80-29-30-82-33-34-84-37-38-86-41-42-88-45-46-90-49-50-92-53-54-94-57-58-96-61-62-97-60-59-95-56-55-93-52-51-91-48-47-89-44-43-87-40-39-85-36-35-83-32-31-81-28-27-79-24-23-77-20-19-75-16-15-70-68(72)11-6-12-69(73)71-63-66-9-3-2-7-64(66)13-14-65-8-4-5-10-67(65)71/h2-5,7-10H,6,11-12,15-63H2,1H3,(H,70,72). The fraction of sp³-hybridized carbons (Fsp3) is 0.768. The molecule has 0 radical (unpaired) electrons. The van der Waals surface area contributed by atoms with Crippen LogP contribution in [0.5, 0.6) is 0 Å². The molecule has 2 aromatic rings. The number of carbonyl (C=O) groups is 2. The van der Waals surface area contributed by atoms with Crippen molar-refractivity contribution < 1.29 is 123 Å². The van der Waals surface area contributed by atoms with Gasteiger partial charge in [-0.05, 0) is 30.2 Å². The summed E-state index contributed by atoms with van der Waals surface area (Å²) in [7, 11) is 1.64. The lowest BCUT2D eigenvalue weighted by atomic mass is 10.0. The fourth-order valence-corrected chi connectivity index (χ4v) is 8.18. The molecule has 558 valence electrons. The highest BCUT2D eigenvalue weighted by atomic mass is 16.6. The average Bonchev–Trinajstić information content (AvgIpc) is 0.822. The molecule has 28 heteroatoms. The molecule has 0 aliphatic carbocycles. The minimum absolute atomic E-state index is 0.0400. The number of carbonyl (C=O) groups excluding carboxylic acids is 2. The summed E-state index contributed by atoms with van der Waals surface area (Å²) in [6.45, 7) is 23.4. The topological polar surface area (TPSA) is 271 Å². The summed E-state index contributed by atoms with van der Waals surface area (Å²) in [5.74, 6) is 6.29. The minimum atomic E-state index is -0.116. The molecule has 0 spiro atoms. The zero-order valence-corrected chi connectivity index (χ0v) is 58.0. The lowest BCUT2D eigenvalue weighted by Gasteiger charge is -2.26. The van der Waals surface area contributed by atoms with Crippen LogP contribution in [0.3, 0.4) is 0 Å². The zero-order valence-electron chi connectivity index (χ0n) is 58.0. The first-order valence-corrected chi connectivity index (χ1v) is 34.2. The number of benzene rings is 2. The van der Waals surface area contributed by atoms with Crippen LogP contribution < -0.4 is 10.2 Å². The van der Waals surface area contributed by atoms with Crippen molar-refractivity contribution in [3.8, 4) is 11.8 Å². The van der Waals surface area contributed by atoms with Crippen LogP contribution >= 0.6 is 0 Å². The van der Waals surface area contributed by atoms with E-state index in [9.17, 15) is 9.59 Å². The number of nitrogens with one attached hydrogen (secondary N) is 1. The average molecular weight is 1390 g/mol. The number of anilines is 1. The summed E-state index contributed by atoms with van der Waals surface area (Å²) < 4.78 is 132. The second kappa shape index (κ2) is 70.4. The Morgan fingerprint density at radius 2 is 0.546 bits per heavy atom. The van der Waals surface area contributed by atoms with E-state index in [2.05, 4.69) is 17.2 Å². The maximum Gasteiger partial charge on any atom is 0.227 e. The number of amides is 2. The number of hydrogen-bond acceptors (Lipinski definition) is 26. The van der Waals surface area contributed by atoms with Crippen molar-refractivity contribution in [3.05, 3.63) is 65.2 Å². The molecule has 0 saturated carbocycles. The fourth-order valence-electron chi connectivity index (χ4n) is 8.18. The van der Waals surface area contributed by atoms with Crippen LogP contribution in [0.2, 0.25) is 0 Å². The summed E-state index contributed by atoms with van der Waals surface area (Å²) in [5.41, 5.74) is 3.50. The Morgan fingerprint density at radius 3 is 0.835 bits per heavy atom. The van der Waals surface area contributed by atoms with E-state index in [1.54, 1.807) is 12.0 Å². The Morgan fingerprint density at radius 1 is 0.309 bits per heavy atom. The van der Waals surface area contributed by atoms with Gasteiger partial charge in [-0.1, -0.05) is 42.2 Å². The lowest BCUT2D eigenvalue weighted by molar-refractivity contribution is -0.122. The van der Waals surface area contributed by atoms with Crippen molar-refractivity contribution in [3.63, 3.8) is 0 Å². The third-order valence-corrected chi connectivity index (χ3v) is 13.2. The van der Waals surface area contributed by atoms with E-state index >= 15 is 0 Å². The quantitative estimate of drug-likeness (QED) is 0.0735. The van der Waals surface area contributed by atoms with Gasteiger partial charge in [-0.25, -0.2) is 0 Å². The molecule has 0 bridgehead atoms. The highest BCUT2D eigenvalue weighted by Gasteiger charge is 2.21. The lowest BCUT2D eigenvalue weighted by Crippen LogP contribution is -2.32.